The van der Waals surface area contributed by atoms with E-state index in [4.69, 9.17) is 17.3 Å². The van der Waals surface area contributed by atoms with E-state index in [-0.39, 0.29) is 5.91 Å². The summed E-state index contributed by atoms with van der Waals surface area (Å²) in [5.41, 5.74) is 9.03. The van der Waals surface area contributed by atoms with Crippen LogP contribution in [0.15, 0.2) is 40.9 Å². The number of anilines is 2. The minimum absolute atomic E-state index is 0.295. The minimum Gasteiger partial charge on any atom is -0.397 e. The Labute approximate surface area is 166 Å². The topological polar surface area (TPSA) is 115 Å². The van der Waals surface area contributed by atoms with Gasteiger partial charge in [-0.1, -0.05) is 27.5 Å². The Morgan fingerprint density at radius 1 is 1.30 bits per heavy atom. The normalized spacial score (nSPS) is 11.1. The average molecular weight is 447 g/mol. The number of nitrogens with two attached hydrogens (primary N) is 1. The Balaban J connectivity index is 1.76. The number of nitrogens with one attached hydrogen (secondary N) is 2. The van der Waals surface area contributed by atoms with Crippen molar-refractivity contribution < 1.29 is 4.79 Å². The lowest BCUT2D eigenvalue weighted by Crippen LogP contribution is -2.16. The van der Waals surface area contributed by atoms with Crippen LogP contribution in [0.3, 0.4) is 0 Å². The molecule has 4 aromatic rings. The lowest BCUT2D eigenvalue weighted by molar-refractivity contribution is 0.102. The predicted octanol–water partition coefficient (Wildman–Crippen LogP) is 3.61. The number of rotatable bonds is 3. The van der Waals surface area contributed by atoms with Crippen molar-refractivity contribution in [3.63, 3.8) is 0 Å². The van der Waals surface area contributed by atoms with E-state index in [1.807, 2.05) is 6.07 Å². The number of aromatic amines is 1. The standard InChI is InChI=1S/C17H13BrClN7O/c1-26-14(7-9-11(18)3-4-12(20)15(9)26)17(27)21-13-5-2-8(19)6-10(13)16-22-24-25-23-16/h2-7H,20H2,1H3,(H,21,27)(H,22,23,24,25). The van der Waals surface area contributed by atoms with Gasteiger partial charge in [0.05, 0.1) is 16.9 Å². The Morgan fingerprint density at radius 3 is 2.81 bits per heavy atom. The van der Waals surface area contributed by atoms with E-state index >= 15 is 0 Å². The number of hydrogen-bond acceptors (Lipinski definition) is 5. The van der Waals surface area contributed by atoms with Crippen LogP contribution in [0, 0.1) is 0 Å². The van der Waals surface area contributed by atoms with Crippen LogP contribution < -0.4 is 11.1 Å². The number of nitrogens with zero attached hydrogens (tertiary/aromatic N) is 4. The third kappa shape index (κ3) is 3.04. The number of aromatic nitrogens is 5. The molecule has 0 aliphatic rings. The Kier molecular flexibility index (Phi) is 4.33. The number of carbonyl (C=O) groups excluding carboxylic acids is 1. The smallest absolute Gasteiger partial charge is 0.272 e. The number of tetrazole rings is 1. The van der Waals surface area contributed by atoms with Crippen LogP contribution in [0.2, 0.25) is 5.02 Å². The van der Waals surface area contributed by atoms with Gasteiger partial charge in [-0.05, 0) is 46.8 Å². The van der Waals surface area contributed by atoms with Crippen LogP contribution in [-0.2, 0) is 7.05 Å². The van der Waals surface area contributed by atoms with E-state index in [1.165, 1.54) is 0 Å². The molecule has 2 aromatic carbocycles. The molecule has 0 saturated carbocycles. The van der Waals surface area contributed by atoms with Gasteiger partial charge in [0.15, 0.2) is 5.82 Å². The van der Waals surface area contributed by atoms with E-state index < -0.39 is 0 Å². The maximum Gasteiger partial charge on any atom is 0.272 e. The van der Waals surface area contributed by atoms with Crippen LogP contribution in [-0.4, -0.2) is 31.1 Å². The highest BCUT2D eigenvalue weighted by Gasteiger charge is 2.19. The Morgan fingerprint density at radius 2 is 2.11 bits per heavy atom. The molecule has 1 amide bonds. The molecule has 27 heavy (non-hydrogen) atoms. The molecule has 0 fully saturated rings. The van der Waals surface area contributed by atoms with Crippen LogP contribution >= 0.6 is 27.5 Å². The summed E-state index contributed by atoms with van der Waals surface area (Å²) in [4.78, 5) is 13.0. The first-order chi connectivity index (χ1) is 13.0. The second-order valence-electron chi connectivity index (χ2n) is 5.88. The summed E-state index contributed by atoms with van der Waals surface area (Å²) in [6, 6.07) is 10.5. The number of fused-ring (bicyclic) bond motifs is 1. The zero-order chi connectivity index (χ0) is 19.1. The van der Waals surface area contributed by atoms with E-state index in [2.05, 4.69) is 41.9 Å². The lowest BCUT2D eigenvalue weighted by Gasteiger charge is -2.10. The first kappa shape index (κ1) is 17.5. The Hall–Kier alpha value is -2.91. The van der Waals surface area contributed by atoms with E-state index in [0.29, 0.717) is 33.5 Å². The highest BCUT2D eigenvalue weighted by molar-refractivity contribution is 9.10. The summed E-state index contributed by atoms with van der Waals surface area (Å²) in [5.74, 6) is 0.105. The fourth-order valence-corrected chi connectivity index (χ4v) is 3.57. The summed E-state index contributed by atoms with van der Waals surface area (Å²) in [6.45, 7) is 0. The highest BCUT2D eigenvalue weighted by Crippen LogP contribution is 2.32. The predicted molar refractivity (Wildman–Crippen MR) is 108 cm³/mol. The van der Waals surface area contributed by atoms with Crippen LogP contribution in [0.1, 0.15) is 10.5 Å². The number of aryl methyl sites for hydroxylation is 1. The molecule has 0 bridgehead atoms. The van der Waals surface area contributed by atoms with Crippen molar-refractivity contribution in [1.29, 1.82) is 0 Å². The zero-order valence-corrected chi connectivity index (χ0v) is 16.3. The first-order valence-electron chi connectivity index (χ1n) is 7.84. The van der Waals surface area contributed by atoms with Gasteiger partial charge in [-0.15, -0.1) is 5.10 Å². The van der Waals surface area contributed by atoms with Crippen molar-refractivity contribution in [2.75, 3.05) is 11.1 Å². The molecule has 10 heteroatoms. The van der Waals surface area contributed by atoms with Gasteiger partial charge in [0.2, 0.25) is 0 Å². The molecule has 0 aliphatic heterocycles. The van der Waals surface area contributed by atoms with Crippen LogP contribution in [0.4, 0.5) is 11.4 Å². The fraction of sp³-hybridized carbons (Fsp3) is 0.0588. The highest BCUT2D eigenvalue weighted by atomic mass is 79.9. The van der Waals surface area contributed by atoms with Crippen molar-refractivity contribution >= 4 is 55.7 Å². The molecule has 0 atom stereocenters. The summed E-state index contributed by atoms with van der Waals surface area (Å²) in [5, 5.41) is 18.0. The molecule has 136 valence electrons. The number of nitrogen functional groups attached to an aromatic ring is 1. The van der Waals surface area contributed by atoms with Gasteiger partial charge in [-0.3, -0.25) is 4.79 Å². The SMILES string of the molecule is Cn1c(C(=O)Nc2ccc(Cl)cc2-c2nnn[nH]2)cc2c(Br)ccc(N)c21. The van der Waals surface area contributed by atoms with E-state index in [9.17, 15) is 4.79 Å². The number of carbonyl (C=O) groups is 1. The zero-order valence-electron chi connectivity index (χ0n) is 14.0. The van der Waals surface area contributed by atoms with Gasteiger partial charge < -0.3 is 15.6 Å². The maximum atomic E-state index is 13.0. The molecule has 0 radical (unpaired) electrons. The summed E-state index contributed by atoms with van der Waals surface area (Å²) in [7, 11) is 1.79. The molecule has 8 nitrogen and oxygen atoms in total. The second kappa shape index (κ2) is 6.67. The molecule has 4 N–H and O–H groups in total. The van der Waals surface area contributed by atoms with Gasteiger partial charge in [0.1, 0.15) is 5.69 Å². The van der Waals surface area contributed by atoms with Gasteiger partial charge >= 0.3 is 0 Å². The summed E-state index contributed by atoms with van der Waals surface area (Å²) in [6.07, 6.45) is 0. The van der Waals surface area contributed by atoms with Gasteiger partial charge in [-0.2, -0.15) is 0 Å². The molecule has 0 unspecified atom stereocenters. The maximum absolute atomic E-state index is 13.0. The lowest BCUT2D eigenvalue weighted by atomic mass is 10.1. The minimum atomic E-state index is -0.295. The monoisotopic (exact) mass is 445 g/mol. The third-order valence-electron chi connectivity index (χ3n) is 4.24. The Bertz CT molecular complexity index is 1170. The summed E-state index contributed by atoms with van der Waals surface area (Å²) >= 11 is 9.58. The molecule has 0 spiro atoms. The summed E-state index contributed by atoms with van der Waals surface area (Å²) < 4.78 is 2.62. The molecule has 0 aliphatic carbocycles. The van der Waals surface area contributed by atoms with Crippen molar-refractivity contribution in [2.45, 2.75) is 0 Å². The number of benzene rings is 2. The average Bonchev–Trinajstić information content (AvgIpc) is 3.28. The van der Waals surface area contributed by atoms with Crippen molar-refractivity contribution in [1.82, 2.24) is 25.2 Å². The van der Waals surface area contributed by atoms with E-state index in [0.717, 1.165) is 15.4 Å². The van der Waals surface area contributed by atoms with Crippen molar-refractivity contribution in [3.05, 3.63) is 51.6 Å². The largest absolute Gasteiger partial charge is 0.397 e. The van der Waals surface area contributed by atoms with Crippen molar-refractivity contribution in [2.24, 2.45) is 7.05 Å². The molecule has 2 aromatic heterocycles. The molecule has 0 saturated heterocycles. The van der Waals surface area contributed by atoms with E-state index in [1.54, 1.807) is 41.9 Å². The first-order valence-corrected chi connectivity index (χ1v) is 9.01. The number of amides is 1. The molecule has 2 heterocycles. The number of halogens is 2. The molecular formula is C17H13BrClN7O. The second-order valence-corrected chi connectivity index (χ2v) is 7.17. The number of hydrogen-bond donors (Lipinski definition) is 3. The van der Waals surface area contributed by atoms with Gasteiger partial charge in [0.25, 0.3) is 5.91 Å². The van der Waals surface area contributed by atoms with Crippen LogP contribution in [0.5, 0.6) is 0 Å². The van der Waals surface area contributed by atoms with Gasteiger partial charge in [-0.25, -0.2) is 5.10 Å². The molecular weight excluding hydrogens is 434 g/mol. The number of H-pyrrole nitrogens is 1. The fourth-order valence-electron chi connectivity index (χ4n) is 2.96. The molecule has 4 rings (SSSR count). The quantitative estimate of drug-likeness (QED) is 0.416. The van der Waals surface area contributed by atoms with Gasteiger partial charge in [0, 0.05) is 27.5 Å². The third-order valence-corrected chi connectivity index (χ3v) is 5.16. The van der Waals surface area contributed by atoms with Crippen LogP contribution in [0.25, 0.3) is 22.3 Å². The van der Waals surface area contributed by atoms with Crippen molar-refractivity contribution in [3.8, 4) is 11.4 Å².